The van der Waals surface area contributed by atoms with Gasteiger partial charge in [0.2, 0.25) is 0 Å². The van der Waals surface area contributed by atoms with Gasteiger partial charge in [0.05, 0.1) is 0 Å². The normalized spacial score (nSPS) is 10.6. The summed E-state index contributed by atoms with van der Waals surface area (Å²) in [6.07, 6.45) is 1.45. The van der Waals surface area contributed by atoms with E-state index in [1.54, 1.807) is 12.1 Å². The van der Waals surface area contributed by atoms with E-state index < -0.39 is 0 Å². The average molecular weight is 425 g/mol. The van der Waals surface area contributed by atoms with Crippen molar-refractivity contribution in [3.63, 3.8) is 0 Å². The number of para-hydroxylation sites is 1. The maximum Gasteiger partial charge on any atom is 0.261 e. The van der Waals surface area contributed by atoms with Crippen molar-refractivity contribution in [2.24, 2.45) is 0 Å². The number of halogens is 1. The predicted molar refractivity (Wildman–Crippen MR) is 113 cm³/mol. The topological polar surface area (TPSA) is 51.1 Å². The first kappa shape index (κ1) is 19.1. The van der Waals surface area contributed by atoms with E-state index in [-0.39, 0.29) is 16.9 Å². The molecule has 4 nitrogen and oxygen atoms in total. The number of rotatable bonds is 5. The Labute approximate surface area is 167 Å². The van der Waals surface area contributed by atoms with Gasteiger partial charge in [-0.1, -0.05) is 53.5 Å². The quantitative estimate of drug-likeness (QED) is 0.618. The molecule has 2 aromatic carbocycles. The van der Waals surface area contributed by atoms with Crippen LogP contribution in [0.4, 0.5) is 5.69 Å². The Morgan fingerprint density at radius 3 is 2.48 bits per heavy atom. The van der Waals surface area contributed by atoms with E-state index in [0.29, 0.717) is 12.1 Å². The minimum Gasteiger partial charge on any atom is -0.322 e. The lowest BCUT2D eigenvalue weighted by Gasteiger charge is -2.20. The zero-order valence-corrected chi connectivity index (χ0v) is 16.9. The molecule has 0 fully saturated rings. The second-order valence-electron chi connectivity index (χ2n) is 6.36. The second kappa shape index (κ2) is 8.35. The third-order valence-electron chi connectivity index (χ3n) is 4.31. The largest absolute Gasteiger partial charge is 0.322 e. The van der Waals surface area contributed by atoms with E-state index in [4.69, 9.17) is 0 Å². The maximum absolute atomic E-state index is 13.0. The molecule has 0 saturated heterocycles. The highest BCUT2D eigenvalue weighted by Gasteiger charge is 2.20. The fraction of sp³-hybridized carbons (Fsp3) is 0.182. The minimum atomic E-state index is -0.376. The van der Waals surface area contributed by atoms with Gasteiger partial charge in [-0.05, 0) is 43.7 Å². The lowest BCUT2D eigenvalue weighted by molar-refractivity contribution is 0.102. The number of anilines is 1. The first-order valence-corrected chi connectivity index (χ1v) is 9.68. The minimum absolute atomic E-state index is 0.200. The molecule has 0 saturated carbocycles. The van der Waals surface area contributed by atoms with Gasteiger partial charge in [-0.3, -0.25) is 9.59 Å². The van der Waals surface area contributed by atoms with E-state index in [9.17, 15) is 9.59 Å². The SMILES string of the molecule is CCCc1c(C(=O)Nc2ccccc2)c(=O)cc(C)n1-c1cccc(Br)c1. The lowest BCUT2D eigenvalue weighted by Crippen LogP contribution is -2.28. The van der Waals surface area contributed by atoms with Crippen LogP contribution in [0, 0.1) is 6.92 Å². The molecule has 0 aliphatic rings. The van der Waals surface area contributed by atoms with Gasteiger partial charge in [0, 0.05) is 33.3 Å². The predicted octanol–water partition coefficient (Wildman–Crippen LogP) is 5.11. The first-order valence-electron chi connectivity index (χ1n) is 8.89. The molecule has 0 radical (unpaired) electrons. The molecule has 0 bridgehead atoms. The summed E-state index contributed by atoms with van der Waals surface area (Å²) in [6, 6.07) is 18.5. The van der Waals surface area contributed by atoms with Gasteiger partial charge in [0.1, 0.15) is 5.56 Å². The Hall–Kier alpha value is -2.66. The van der Waals surface area contributed by atoms with Crippen LogP contribution < -0.4 is 10.7 Å². The summed E-state index contributed by atoms with van der Waals surface area (Å²) < 4.78 is 2.94. The fourth-order valence-corrected chi connectivity index (χ4v) is 3.59. The summed E-state index contributed by atoms with van der Waals surface area (Å²) in [7, 11) is 0. The molecule has 27 heavy (non-hydrogen) atoms. The Balaban J connectivity index is 2.17. The highest BCUT2D eigenvalue weighted by Crippen LogP contribution is 2.22. The number of aryl methyl sites for hydroxylation is 1. The van der Waals surface area contributed by atoms with E-state index in [1.807, 2.05) is 60.9 Å². The average Bonchev–Trinajstić information content (AvgIpc) is 2.62. The van der Waals surface area contributed by atoms with Crippen molar-refractivity contribution >= 4 is 27.5 Å². The van der Waals surface area contributed by atoms with Gasteiger partial charge in [0.25, 0.3) is 5.91 Å². The van der Waals surface area contributed by atoms with Crippen molar-refractivity contribution < 1.29 is 4.79 Å². The number of benzene rings is 2. The molecule has 1 amide bonds. The number of pyridine rings is 1. The van der Waals surface area contributed by atoms with Crippen molar-refractivity contribution in [3.8, 4) is 5.69 Å². The van der Waals surface area contributed by atoms with Crippen molar-refractivity contribution in [1.82, 2.24) is 4.57 Å². The highest BCUT2D eigenvalue weighted by molar-refractivity contribution is 9.10. The smallest absolute Gasteiger partial charge is 0.261 e. The summed E-state index contributed by atoms with van der Waals surface area (Å²) in [4.78, 5) is 25.7. The fourth-order valence-electron chi connectivity index (χ4n) is 3.20. The number of amides is 1. The van der Waals surface area contributed by atoms with Crippen molar-refractivity contribution in [1.29, 1.82) is 0 Å². The first-order chi connectivity index (χ1) is 13.0. The molecule has 0 aliphatic heterocycles. The summed E-state index contributed by atoms with van der Waals surface area (Å²) in [5.74, 6) is -0.376. The second-order valence-corrected chi connectivity index (χ2v) is 7.27. The molecule has 0 spiro atoms. The van der Waals surface area contributed by atoms with E-state index >= 15 is 0 Å². The number of nitrogens with zero attached hydrogens (tertiary/aromatic N) is 1. The Morgan fingerprint density at radius 1 is 1.07 bits per heavy atom. The monoisotopic (exact) mass is 424 g/mol. The summed E-state index contributed by atoms with van der Waals surface area (Å²) in [6.45, 7) is 3.93. The summed E-state index contributed by atoms with van der Waals surface area (Å²) in [5, 5.41) is 2.85. The van der Waals surface area contributed by atoms with Gasteiger partial charge in [0.15, 0.2) is 5.43 Å². The molecule has 1 aromatic heterocycles. The van der Waals surface area contributed by atoms with E-state index in [0.717, 1.165) is 28.0 Å². The Bertz CT molecular complexity index is 1030. The third-order valence-corrected chi connectivity index (χ3v) is 4.80. The molecule has 0 atom stereocenters. The number of carbonyl (C=O) groups excluding carboxylic acids is 1. The zero-order valence-electron chi connectivity index (χ0n) is 15.3. The van der Waals surface area contributed by atoms with Crippen LogP contribution in [-0.4, -0.2) is 10.5 Å². The van der Waals surface area contributed by atoms with E-state index in [2.05, 4.69) is 21.2 Å². The van der Waals surface area contributed by atoms with Gasteiger partial charge >= 0.3 is 0 Å². The van der Waals surface area contributed by atoms with Crippen LogP contribution in [0.25, 0.3) is 5.69 Å². The number of hydrogen-bond acceptors (Lipinski definition) is 2. The molecule has 0 unspecified atom stereocenters. The number of hydrogen-bond donors (Lipinski definition) is 1. The van der Waals surface area contributed by atoms with Crippen LogP contribution >= 0.6 is 15.9 Å². The molecular weight excluding hydrogens is 404 g/mol. The van der Waals surface area contributed by atoms with Crippen LogP contribution in [0.2, 0.25) is 0 Å². The lowest BCUT2D eigenvalue weighted by atomic mass is 10.1. The van der Waals surface area contributed by atoms with E-state index in [1.165, 1.54) is 6.07 Å². The number of aromatic nitrogens is 1. The van der Waals surface area contributed by atoms with Crippen LogP contribution in [0.15, 0.2) is 69.9 Å². The summed E-state index contributed by atoms with van der Waals surface area (Å²) >= 11 is 3.50. The number of nitrogens with one attached hydrogen (secondary N) is 1. The van der Waals surface area contributed by atoms with Crippen LogP contribution in [0.1, 0.15) is 35.1 Å². The van der Waals surface area contributed by atoms with Crippen molar-refractivity contribution in [3.05, 3.63) is 92.3 Å². The van der Waals surface area contributed by atoms with Gasteiger partial charge in [-0.25, -0.2) is 0 Å². The molecule has 1 N–H and O–H groups in total. The van der Waals surface area contributed by atoms with Gasteiger partial charge in [-0.15, -0.1) is 0 Å². The van der Waals surface area contributed by atoms with Crippen molar-refractivity contribution in [2.45, 2.75) is 26.7 Å². The molecule has 1 heterocycles. The molecular formula is C22H21BrN2O2. The zero-order chi connectivity index (χ0) is 19.4. The summed E-state index contributed by atoms with van der Waals surface area (Å²) in [5.41, 5.74) is 3.06. The van der Waals surface area contributed by atoms with Crippen LogP contribution in [-0.2, 0) is 6.42 Å². The molecule has 5 heteroatoms. The van der Waals surface area contributed by atoms with Crippen LogP contribution in [0.3, 0.4) is 0 Å². The number of carbonyl (C=O) groups is 1. The molecule has 138 valence electrons. The van der Waals surface area contributed by atoms with Gasteiger partial charge < -0.3 is 9.88 Å². The standard InChI is InChI=1S/C22H21BrN2O2/c1-3-8-19-21(22(27)24-17-10-5-4-6-11-17)20(26)13-15(2)25(19)18-12-7-9-16(23)14-18/h4-7,9-14H,3,8H2,1-2H3,(H,24,27). The highest BCUT2D eigenvalue weighted by atomic mass is 79.9. The molecule has 3 aromatic rings. The Morgan fingerprint density at radius 2 is 1.81 bits per heavy atom. The maximum atomic E-state index is 13.0. The van der Waals surface area contributed by atoms with Crippen LogP contribution in [0.5, 0.6) is 0 Å². The third kappa shape index (κ3) is 4.19. The van der Waals surface area contributed by atoms with Crippen molar-refractivity contribution in [2.75, 3.05) is 5.32 Å². The molecule has 3 rings (SSSR count). The van der Waals surface area contributed by atoms with Gasteiger partial charge in [-0.2, -0.15) is 0 Å². The Kier molecular flexibility index (Phi) is 5.91. The molecule has 0 aliphatic carbocycles.